The van der Waals surface area contributed by atoms with Gasteiger partial charge in [0.15, 0.2) is 0 Å². The van der Waals surface area contributed by atoms with Crippen LogP contribution < -0.4 is 16.6 Å². The van der Waals surface area contributed by atoms with Crippen LogP contribution in [0, 0.1) is 0 Å². The van der Waals surface area contributed by atoms with E-state index in [1.165, 1.54) is 0 Å². The maximum atomic E-state index is 13.1. The van der Waals surface area contributed by atoms with Crippen LogP contribution in [0.4, 0.5) is 0 Å². The number of aromatic amines is 2. The van der Waals surface area contributed by atoms with E-state index < -0.39 is 17.3 Å². The maximum absolute atomic E-state index is 13.1. The Balaban J connectivity index is 1.64. The summed E-state index contributed by atoms with van der Waals surface area (Å²) in [6.45, 7) is 0. The van der Waals surface area contributed by atoms with E-state index in [0.717, 1.165) is 33.9 Å². The second-order valence-corrected chi connectivity index (χ2v) is 7.51. The normalized spacial score (nSPS) is 14.9. The quantitative estimate of drug-likeness (QED) is 0.489. The third kappa shape index (κ3) is 3.14. The lowest BCUT2D eigenvalue weighted by Gasteiger charge is -2.19. The minimum atomic E-state index is -0.935. The van der Waals surface area contributed by atoms with Crippen molar-refractivity contribution in [3.63, 3.8) is 0 Å². The van der Waals surface area contributed by atoms with Crippen molar-refractivity contribution in [2.24, 2.45) is 0 Å². The summed E-state index contributed by atoms with van der Waals surface area (Å²) in [5.41, 5.74) is 1.26. The van der Waals surface area contributed by atoms with Crippen LogP contribution in [-0.2, 0) is 11.2 Å². The first kappa shape index (κ1) is 17.5. The molecule has 1 fully saturated rings. The molecule has 0 spiro atoms. The highest BCUT2D eigenvalue weighted by molar-refractivity contribution is 5.86. The topological polar surface area (TPSA) is 99.8 Å². The van der Waals surface area contributed by atoms with Crippen molar-refractivity contribution in [2.45, 2.75) is 31.3 Å². The molecular formula is C22H20N4O3. The van der Waals surface area contributed by atoms with Gasteiger partial charge in [-0.15, -0.1) is 0 Å². The van der Waals surface area contributed by atoms with Gasteiger partial charge in [0.2, 0.25) is 5.91 Å². The first-order chi connectivity index (χ1) is 14.1. The molecule has 0 saturated heterocycles. The van der Waals surface area contributed by atoms with Crippen LogP contribution in [0.3, 0.4) is 0 Å². The largest absolute Gasteiger partial charge is 0.361 e. The van der Waals surface area contributed by atoms with Crippen molar-refractivity contribution in [2.75, 3.05) is 0 Å². The minimum Gasteiger partial charge on any atom is -0.361 e. The number of amides is 1. The third-order valence-corrected chi connectivity index (χ3v) is 5.46. The molecule has 0 unspecified atom stereocenters. The number of hydrogen-bond acceptors (Lipinski definition) is 3. The Kier molecular flexibility index (Phi) is 4.08. The summed E-state index contributed by atoms with van der Waals surface area (Å²) in [7, 11) is 0. The van der Waals surface area contributed by atoms with Crippen LogP contribution in [0.25, 0.3) is 21.8 Å². The van der Waals surface area contributed by atoms with Crippen LogP contribution in [-0.4, -0.2) is 26.5 Å². The number of nitrogens with one attached hydrogen (secondary N) is 3. The lowest BCUT2D eigenvalue weighted by Crippen LogP contribution is -2.45. The number of hydrogen-bond donors (Lipinski definition) is 3. The molecule has 2 aromatic heterocycles. The Labute approximate surface area is 165 Å². The van der Waals surface area contributed by atoms with Crippen LogP contribution in [0.5, 0.6) is 0 Å². The summed E-state index contributed by atoms with van der Waals surface area (Å²) in [6.07, 6.45) is 3.93. The Bertz CT molecular complexity index is 1340. The van der Waals surface area contributed by atoms with Gasteiger partial charge in [-0.2, -0.15) is 0 Å². The van der Waals surface area contributed by atoms with E-state index in [-0.39, 0.29) is 18.4 Å². The van der Waals surface area contributed by atoms with Gasteiger partial charge in [-0.1, -0.05) is 30.3 Å². The van der Waals surface area contributed by atoms with Crippen molar-refractivity contribution in [1.82, 2.24) is 19.9 Å². The molecular weight excluding hydrogens is 368 g/mol. The predicted octanol–water partition coefficient (Wildman–Crippen LogP) is 2.23. The molecule has 1 aliphatic rings. The van der Waals surface area contributed by atoms with Gasteiger partial charge >= 0.3 is 5.69 Å². The molecule has 1 aliphatic carbocycles. The van der Waals surface area contributed by atoms with E-state index in [2.05, 4.69) is 15.3 Å². The summed E-state index contributed by atoms with van der Waals surface area (Å²) in [5, 5.41) is 4.31. The molecule has 0 radical (unpaired) electrons. The third-order valence-electron chi connectivity index (χ3n) is 5.46. The van der Waals surface area contributed by atoms with Crippen LogP contribution in [0.1, 0.15) is 24.4 Å². The molecule has 0 aliphatic heterocycles. The first-order valence-electron chi connectivity index (χ1n) is 9.71. The Morgan fingerprint density at radius 1 is 1.03 bits per heavy atom. The fourth-order valence-electron chi connectivity index (χ4n) is 3.79. The van der Waals surface area contributed by atoms with Gasteiger partial charge in [0, 0.05) is 29.6 Å². The number of benzene rings is 2. The average Bonchev–Trinajstić information content (AvgIpc) is 3.45. The number of carbonyl (C=O) groups is 1. The Morgan fingerprint density at radius 2 is 1.72 bits per heavy atom. The Morgan fingerprint density at radius 3 is 2.48 bits per heavy atom. The predicted molar refractivity (Wildman–Crippen MR) is 111 cm³/mol. The molecule has 3 N–H and O–H groups in total. The smallest absolute Gasteiger partial charge is 0.329 e. The second kappa shape index (κ2) is 6.77. The zero-order valence-electron chi connectivity index (χ0n) is 15.6. The van der Waals surface area contributed by atoms with Gasteiger partial charge in [0.1, 0.15) is 6.04 Å². The molecule has 5 rings (SSSR count). The summed E-state index contributed by atoms with van der Waals surface area (Å²) in [4.78, 5) is 45.0. The van der Waals surface area contributed by atoms with Crippen molar-refractivity contribution >= 4 is 27.7 Å². The van der Waals surface area contributed by atoms with Gasteiger partial charge in [-0.25, -0.2) is 9.36 Å². The number of H-pyrrole nitrogens is 2. The van der Waals surface area contributed by atoms with Crippen LogP contribution >= 0.6 is 0 Å². The molecule has 29 heavy (non-hydrogen) atoms. The monoisotopic (exact) mass is 388 g/mol. The van der Waals surface area contributed by atoms with E-state index >= 15 is 0 Å². The van der Waals surface area contributed by atoms with Gasteiger partial charge in [-0.3, -0.25) is 9.59 Å². The first-order valence-corrected chi connectivity index (χ1v) is 9.71. The summed E-state index contributed by atoms with van der Waals surface area (Å²) in [5.74, 6) is -0.305. The molecule has 0 bridgehead atoms. The number of rotatable bonds is 5. The van der Waals surface area contributed by atoms with E-state index in [1.54, 1.807) is 24.3 Å². The minimum absolute atomic E-state index is 0.128. The van der Waals surface area contributed by atoms with E-state index in [0.29, 0.717) is 10.9 Å². The van der Waals surface area contributed by atoms with Crippen LogP contribution in [0.15, 0.2) is 64.3 Å². The van der Waals surface area contributed by atoms with Crippen molar-refractivity contribution in [3.05, 3.63) is 81.1 Å². The highest BCUT2D eigenvalue weighted by Gasteiger charge is 2.31. The van der Waals surface area contributed by atoms with Gasteiger partial charge in [-0.05, 0) is 36.6 Å². The molecule has 146 valence electrons. The van der Waals surface area contributed by atoms with Gasteiger partial charge < -0.3 is 15.3 Å². The number of nitrogens with zero attached hydrogens (tertiary/aromatic N) is 1. The van der Waals surface area contributed by atoms with E-state index in [4.69, 9.17) is 0 Å². The number of aromatic nitrogens is 3. The molecule has 2 heterocycles. The summed E-state index contributed by atoms with van der Waals surface area (Å²) in [6, 6.07) is 13.8. The Hall–Kier alpha value is -3.61. The summed E-state index contributed by atoms with van der Waals surface area (Å²) >= 11 is 0. The molecule has 4 aromatic rings. The lowest BCUT2D eigenvalue weighted by molar-refractivity contribution is -0.124. The maximum Gasteiger partial charge on any atom is 0.329 e. The number of carbonyl (C=O) groups excluding carboxylic acids is 1. The number of para-hydroxylation sites is 2. The fraction of sp³-hybridized carbons (Fsp3) is 0.227. The summed E-state index contributed by atoms with van der Waals surface area (Å²) < 4.78 is 1.06. The van der Waals surface area contributed by atoms with E-state index in [1.807, 2.05) is 30.5 Å². The lowest BCUT2D eigenvalue weighted by atomic mass is 10.0. The second-order valence-electron chi connectivity index (χ2n) is 7.51. The molecule has 1 saturated carbocycles. The van der Waals surface area contributed by atoms with Crippen molar-refractivity contribution in [1.29, 1.82) is 0 Å². The molecule has 2 aromatic carbocycles. The molecule has 1 amide bonds. The van der Waals surface area contributed by atoms with Crippen molar-refractivity contribution in [3.8, 4) is 0 Å². The zero-order chi connectivity index (χ0) is 20.0. The van der Waals surface area contributed by atoms with Gasteiger partial charge in [0.05, 0.1) is 10.9 Å². The molecule has 7 heteroatoms. The number of fused-ring (bicyclic) bond motifs is 2. The fourth-order valence-corrected chi connectivity index (χ4v) is 3.79. The zero-order valence-corrected chi connectivity index (χ0v) is 15.6. The van der Waals surface area contributed by atoms with E-state index in [9.17, 15) is 14.4 Å². The molecule has 1 atom stereocenters. The molecule has 7 nitrogen and oxygen atoms in total. The highest BCUT2D eigenvalue weighted by atomic mass is 16.2. The SMILES string of the molecule is O=C(NC1CC1)[C@H](Cc1c[nH]c2ccccc12)n1c(=O)[nH]c2ccccc2c1=O. The van der Waals surface area contributed by atoms with Crippen LogP contribution in [0.2, 0.25) is 0 Å². The standard InChI is InChI=1S/C22H20N4O3/c27-20(24-14-9-10-14)19(11-13-12-23-17-7-3-1-5-15(13)17)26-21(28)16-6-2-4-8-18(16)25-22(26)29/h1-8,12,14,19,23H,9-11H2,(H,24,27)(H,25,29)/t19-/m0/s1. The van der Waals surface area contributed by atoms with Gasteiger partial charge in [0.25, 0.3) is 5.56 Å². The van der Waals surface area contributed by atoms with Crippen molar-refractivity contribution < 1.29 is 4.79 Å². The average molecular weight is 388 g/mol. The highest BCUT2D eigenvalue weighted by Crippen LogP contribution is 2.24.